The van der Waals surface area contributed by atoms with E-state index in [0.717, 1.165) is 6.07 Å². The fourth-order valence-electron chi connectivity index (χ4n) is 1.74. The molecule has 0 unspecified atom stereocenters. The topological polar surface area (TPSA) is 84.2 Å². The summed E-state index contributed by atoms with van der Waals surface area (Å²) in [6, 6.07) is 3.99. The lowest BCUT2D eigenvalue weighted by molar-refractivity contribution is -0.116. The number of hydrogen-bond acceptors (Lipinski definition) is 3. The molecule has 0 aromatic heterocycles. The van der Waals surface area contributed by atoms with Crippen molar-refractivity contribution >= 4 is 29.9 Å². The highest BCUT2D eigenvalue weighted by Crippen LogP contribution is 2.16. The Labute approximate surface area is 136 Å². The van der Waals surface area contributed by atoms with Crippen molar-refractivity contribution in [3.8, 4) is 0 Å². The smallest absolute Gasteiger partial charge is 0.251 e. The Morgan fingerprint density at radius 3 is 2.55 bits per heavy atom. The molecule has 0 fully saturated rings. The quantitative estimate of drug-likeness (QED) is 0.670. The van der Waals surface area contributed by atoms with E-state index in [9.17, 15) is 14.0 Å². The summed E-state index contributed by atoms with van der Waals surface area (Å²) in [5.74, 6) is -1.04. The molecular formula is C15H23ClFN3O2. The maximum absolute atomic E-state index is 13.9. The summed E-state index contributed by atoms with van der Waals surface area (Å²) in [7, 11) is 0. The average Bonchev–Trinajstić information content (AvgIpc) is 2.40. The van der Waals surface area contributed by atoms with Gasteiger partial charge >= 0.3 is 0 Å². The SMILES string of the molecule is CC(C)CC(=O)Nc1ccc(C(=O)NCCCN)cc1F.Cl. The van der Waals surface area contributed by atoms with Crippen molar-refractivity contribution in [3.63, 3.8) is 0 Å². The average molecular weight is 332 g/mol. The minimum atomic E-state index is -0.626. The molecule has 2 amide bonds. The van der Waals surface area contributed by atoms with E-state index in [1.165, 1.54) is 12.1 Å². The van der Waals surface area contributed by atoms with Gasteiger partial charge in [-0.2, -0.15) is 0 Å². The maximum atomic E-state index is 13.9. The summed E-state index contributed by atoms with van der Waals surface area (Å²) < 4.78 is 13.9. The van der Waals surface area contributed by atoms with Crippen molar-refractivity contribution in [2.75, 3.05) is 18.4 Å². The second-order valence-corrected chi connectivity index (χ2v) is 5.24. The number of benzene rings is 1. The van der Waals surface area contributed by atoms with Gasteiger partial charge < -0.3 is 16.4 Å². The van der Waals surface area contributed by atoms with Crippen molar-refractivity contribution in [3.05, 3.63) is 29.6 Å². The molecule has 124 valence electrons. The van der Waals surface area contributed by atoms with Crippen LogP contribution in [0.5, 0.6) is 0 Å². The first-order valence-electron chi connectivity index (χ1n) is 7.01. The summed E-state index contributed by atoms with van der Waals surface area (Å²) >= 11 is 0. The zero-order valence-corrected chi connectivity index (χ0v) is 13.6. The standard InChI is InChI=1S/C15H22FN3O2.ClH/c1-10(2)8-14(20)19-13-5-4-11(9-12(13)16)15(21)18-7-3-6-17;/h4-5,9-10H,3,6-8,17H2,1-2H3,(H,18,21)(H,19,20);1H. The van der Waals surface area contributed by atoms with E-state index in [0.29, 0.717) is 25.9 Å². The third kappa shape index (κ3) is 6.87. The van der Waals surface area contributed by atoms with E-state index >= 15 is 0 Å². The van der Waals surface area contributed by atoms with Gasteiger partial charge in [0, 0.05) is 18.5 Å². The van der Waals surface area contributed by atoms with Gasteiger partial charge in [-0.15, -0.1) is 12.4 Å². The van der Waals surface area contributed by atoms with Crippen LogP contribution >= 0.6 is 12.4 Å². The fourth-order valence-corrected chi connectivity index (χ4v) is 1.74. The number of carbonyl (C=O) groups excluding carboxylic acids is 2. The molecule has 1 aromatic rings. The normalized spacial score (nSPS) is 10.0. The highest BCUT2D eigenvalue weighted by atomic mass is 35.5. The van der Waals surface area contributed by atoms with Gasteiger partial charge in [0.15, 0.2) is 0 Å². The molecule has 22 heavy (non-hydrogen) atoms. The highest BCUT2D eigenvalue weighted by molar-refractivity contribution is 5.96. The van der Waals surface area contributed by atoms with Crippen LogP contribution in [0.1, 0.15) is 37.0 Å². The van der Waals surface area contributed by atoms with Gasteiger partial charge in [0.1, 0.15) is 5.82 Å². The molecule has 0 heterocycles. The lowest BCUT2D eigenvalue weighted by Crippen LogP contribution is -2.26. The summed E-state index contributed by atoms with van der Waals surface area (Å²) in [5, 5.41) is 5.14. The van der Waals surface area contributed by atoms with E-state index < -0.39 is 5.82 Å². The monoisotopic (exact) mass is 331 g/mol. The predicted molar refractivity (Wildman–Crippen MR) is 87.7 cm³/mol. The molecule has 7 heteroatoms. The maximum Gasteiger partial charge on any atom is 0.251 e. The first-order valence-corrected chi connectivity index (χ1v) is 7.01. The van der Waals surface area contributed by atoms with Crippen LogP contribution in [-0.4, -0.2) is 24.9 Å². The number of hydrogen-bond donors (Lipinski definition) is 3. The molecule has 0 aliphatic rings. The molecule has 0 atom stereocenters. The van der Waals surface area contributed by atoms with Crippen molar-refractivity contribution in [2.24, 2.45) is 11.7 Å². The van der Waals surface area contributed by atoms with Gasteiger partial charge in [-0.3, -0.25) is 9.59 Å². The van der Waals surface area contributed by atoms with Gasteiger partial charge in [0.25, 0.3) is 5.91 Å². The van der Waals surface area contributed by atoms with Crippen LogP contribution in [0.25, 0.3) is 0 Å². The molecule has 0 spiro atoms. The Kier molecular flexibility index (Phi) is 9.37. The second-order valence-electron chi connectivity index (χ2n) is 5.24. The van der Waals surface area contributed by atoms with Crippen molar-refractivity contribution in [2.45, 2.75) is 26.7 Å². The number of anilines is 1. The molecule has 0 saturated heterocycles. The van der Waals surface area contributed by atoms with Gasteiger partial charge in [-0.05, 0) is 37.1 Å². The van der Waals surface area contributed by atoms with Gasteiger partial charge in [0.2, 0.25) is 5.91 Å². The lowest BCUT2D eigenvalue weighted by atomic mass is 10.1. The largest absolute Gasteiger partial charge is 0.352 e. The number of nitrogens with two attached hydrogens (primary N) is 1. The fraction of sp³-hybridized carbons (Fsp3) is 0.467. The molecule has 0 bridgehead atoms. The highest BCUT2D eigenvalue weighted by Gasteiger charge is 2.12. The lowest BCUT2D eigenvalue weighted by Gasteiger charge is -2.09. The number of nitrogens with one attached hydrogen (secondary N) is 2. The van der Waals surface area contributed by atoms with Crippen LogP contribution in [0.2, 0.25) is 0 Å². The number of halogens is 2. The molecule has 4 N–H and O–H groups in total. The Bertz CT molecular complexity index is 510. The predicted octanol–water partition coefficient (Wildman–Crippen LogP) is 2.31. The Balaban J connectivity index is 0.00000441. The zero-order chi connectivity index (χ0) is 15.8. The Hall–Kier alpha value is -1.66. The summed E-state index contributed by atoms with van der Waals surface area (Å²) in [6.45, 7) is 4.74. The molecule has 0 saturated carbocycles. The summed E-state index contributed by atoms with van der Waals surface area (Å²) in [5.41, 5.74) is 5.62. The van der Waals surface area contributed by atoms with E-state index in [1.807, 2.05) is 13.8 Å². The van der Waals surface area contributed by atoms with Gasteiger partial charge in [0.05, 0.1) is 5.69 Å². The number of rotatable bonds is 7. The third-order valence-corrected chi connectivity index (χ3v) is 2.77. The van der Waals surface area contributed by atoms with Crippen LogP contribution in [0.15, 0.2) is 18.2 Å². The summed E-state index contributed by atoms with van der Waals surface area (Å²) in [4.78, 5) is 23.3. The van der Waals surface area contributed by atoms with E-state index in [4.69, 9.17) is 5.73 Å². The first kappa shape index (κ1) is 20.3. The number of amides is 2. The molecular weight excluding hydrogens is 309 g/mol. The summed E-state index contributed by atoms with van der Waals surface area (Å²) in [6.07, 6.45) is 0.984. The third-order valence-electron chi connectivity index (χ3n) is 2.77. The molecule has 5 nitrogen and oxygen atoms in total. The van der Waals surface area contributed by atoms with E-state index in [1.54, 1.807) is 0 Å². The minimum absolute atomic E-state index is 0. The Morgan fingerprint density at radius 2 is 2.00 bits per heavy atom. The Morgan fingerprint density at radius 1 is 1.32 bits per heavy atom. The first-order chi connectivity index (χ1) is 9.93. The molecule has 1 rings (SSSR count). The van der Waals surface area contributed by atoms with Gasteiger partial charge in [-0.1, -0.05) is 13.8 Å². The van der Waals surface area contributed by atoms with Crippen LogP contribution in [-0.2, 0) is 4.79 Å². The van der Waals surface area contributed by atoms with E-state index in [2.05, 4.69) is 10.6 Å². The van der Waals surface area contributed by atoms with Crippen LogP contribution in [0, 0.1) is 11.7 Å². The second kappa shape index (κ2) is 10.1. The van der Waals surface area contributed by atoms with Gasteiger partial charge in [-0.25, -0.2) is 4.39 Å². The van der Waals surface area contributed by atoms with Crippen LogP contribution in [0.4, 0.5) is 10.1 Å². The zero-order valence-electron chi connectivity index (χ0n) is 12.8. The number of carbonyl (C=O) groups is 2. The molecule has 0 aliphatic carbocycles. The van der Waals surface area contributed by atoms with Crippen LogP contribution in [0.3, 0.4) is 0 Å². The molecule has 0 aliphatic heterocycles. The van der Waals surface area contributed by atoms with E-state index in [-0.39, 0.29) is 41.4 Å². The van der Waals surface area contributed by atoms with Crippen molar-refractivity contribution < 1.29 is 14.0 Å². The van der Waals surface area contributed by atoms with Crippen molar-refractivity contribution in [1.82, 2.24) is 5.32 Å². The van der Waals surface area contributed by atoms with Crippen LogP contribution < -0.4 is 16.4 Å². The molecule has 0 radical (unpaired) electrons. The van der Waals surface area contributed by atoms with Crippen molar-refractivity contribution in [1.29, 1.82) is 0 Å². The minimum Gasteiger partial charge on any atom is -0.352 e. The molecule has 1 aromatic carbocycles.